The van der Waals surface area contributed by atoms with Crippen molar-refractivity contribution >= 4 is 24.2 Å². The van der Waals surface area contributed by atoms with Crippen LogP contribution in [0.3, 0.4) is 0 Å². The van der Waals surface area contributed by atoms with Gasteiger partial charge in [0.05, 0.1) is 0 Å². The minimum absolute atomic E-state index is 0. The Morgan fingerprint density at radius 1 is 0.769 bits per heavy atom. The summed E-state index contributed by atoms with van der Waals surface area (Å²) in [7, 11) is 0. The highest BCUT2D eigenvalue weighted by Crippen LogP contribution is 2.27. The molecular weight excluding hydrogens is 350 g/mol. The van der Waals surface area contributed by atoms with Crippen molar-refractivity contribution in [3.63, 3.8) is 0 Å². The normalized spacial score (nSPS) is 24.4. The topological polar surface area (TPSA) is 52.7 Å². The molecule has 1 atom stereocenters. The predicted octanol–water partition coefficient (Wildman–Crippen LogP) is 2.83. The Morgan fingerprint density at radius 3 is 1.81 bits per heavy atom. The van der Waals surface area contributed by atoms with Crippen LogP contribution in [0.15, 0.2) is 0 Å². The molecular formula is C20H36ClN3O2. The number of hydrogen-bond acceptors (Lipinski definition) is 3. The molecule has 2 amide bonds. The van der Waals surface area contributed by atoms with Crippen LogP contribution < -0.4 is 5.32 Å². The van der Waals surface area contributed by atoms with Crippen LogP contribution in [0, 0.1) is 11.8 Å². The number of carbonyl (C=O) groups excluding carboxylic acids is 2. The number of carbonyl (C=O) groups is 2. The summed E-state index contributed by atoms with van der Waals surface area (Å²) in [6.45, 7) is 5.05. The fourth-order valence-electron chi connectivity index (χ4n) is 4.61. The molecule has 6 heteroatoms. The standard InChI is InChI=1S/C20H35N3O2.ClH/c24-19(8-6-17-4-2-1-3-5-17)22-12-14-23(15-13-22)20(25)9-7-18-10-11-21-16-18;/h17-18,21H,1-16H2;1H. The molecule has 0 aromatic heterocycles. The zero-order valence-corrected chi connectivity index (χ0v) is 16.9. The summed E-state index contributed by atoms with van der Waals surface area (Å²) in [5.74, 6) is 2.02. The zero-order chi connectivity index (χ0) is 17.5. The maximum absolute atomic E-state index is 12.4. The first-order valence-electron chi connectivity index (χ1n) is 10.5. The lowest BCUT2D eigenvalue weighted by Gasteiger charge is -2.35. The first kappa shape index (κ1) is 21.5. The second-order valence-electron chi connectivity index (χ2n) is 8.20. The largest absolute Gasteiger partial charge is 0.339 e. The third kappa shape index (κ3) is 6.41. The molecule has 26 heavy (non-hydrogen) atoms. The lowest BCUT2D eigenvalue weighted by Crippen LogP contribution is -2.50. The second kappa shape index (κ2) is 11.1. The van der Waals surface area contributed by atoms with E-state index in [2.05, 4.69) is 5.32 Å². The lowest BCUT2D eigenvalue weighted by atomic mass is 9.86. The van der Waals surface area contributed by atoms with E-state index in [0.717, 1.165) is 58.0 Å². The third-order valence-electron chi connectivity index (χ3n) is 6.41. The quantitative estimate of drug-likeness (QED) is 0.764. The Morgan fingerprint density at radius 2 is 1.31 bits per heavy atom. The SMILES string of the molecule is Cl.O=C(CCC1CCCCC1)N1CCN(C(=O)CCC2CCNC2)CC1. The van der Waals surface area contributed by atoms with Crippen molar-refractivity contribution < 1.29 is 9.59 Å². The van der Waals surface area contributed by atoms with Crippen molar-refractivity contribution in [1.82, 2.24) is 15.1 Å². The molecule has 0 bridgehead atoms. The van der Waals surface area contributed by atoms with Gasteiger partial charge in [-0.05, 0) is 44.2 Å². The average Bonchev–Trinajstić information content (AvgIpc) is 3.19. The molecule has 2 heterocycles. The number of nitrogens with zero attached hydrogens (tertiary/aromatic N) is 2. The van der Waals surface area contributed by atoms with E-state index in [4.69, 9.17) is 0 Å². The molecule has 0 radical (unpaired) electrons. The van der Waals surface area contributed by atoms with Crippen LogP contribution >= 0.6 is 12.4 Å². The fourth-order valence-corrected chi connectivity index (χ4v) is 4.61. The highest BCUT2D eigenvalue weighted by Gasteiger charge is 2.25. The minimum Gasteiger partial charge on any atom is -0.339 e. The van der Waals surface area contributed by atoms with Gasteiger partial charge in [0.1, 0.15) is 0 Å². The Balaban J connectivity index is 0.00000243. The number of rotatable bonds is 6. The molecule has 0 aromatic carbocycles. The van der Waals surface area contributed by atoms with E-state index < -0.39 is 0 Å². The van der Waals surface area contributed by atoms with Crippen molar-refractivity contribution in [2.45, 2.75) is 64.2 Å². The Hall–Kier alpha value is -0.810. The summed E-state index contributed by atoms with van der Waals surface area (Å²) >= 11 is 0. The molecule has 3 rings (SSSR count). The summed E-state index contributed by atoms with van der Waals surface area (Å²) in [6.07, 6.45) is 11.3. The van der Waals surface area contributed by atoms with Gasteiger partial charge in [-0.3, -0.25) is 9.59 Å². The molecule has 1 saturated carbocycles. The molecule has 2 aliphatic heterocycles. The van der Waals surface area contributed by atoms with E-state index in [0.29, 0.717) is 24.7 Å². The monoisotopic (exact) mass is 385 g/mol. The van der Waals surface area contributed by atoms with E-state index in [1.807, 2.05) is 9.80 Å². The van der Waals surface area contributed by atoms with E-state index in [9.17, 15) is 9.59 Å². The zero-order valence-electron chi connectivity index (χ0n) is 16.1. The van der Waals surface area contributed by atoms with Gasteiger partial charge in [-0.25, -0.2) is 0 Å². The smallest absolute Gasteiger partial charge is 0.222 e. The van der Waals surface area contributed by atoms with Crippen molar-refractivity contribution in [2.75, 3.05) is 39.3 Å². The molecule has 2 saturated heterocycles. The van der Waals surface area contributed by atoms with Crippen LogP contribution in [0.4, 0.5) is 0 Å². The van der Waals surface area contributed by atoms with Crippen LogP contribution in [0.1, 0.15) is 64.2 Å². The van der Waals surface area contributed by atoms with Crippen LogP contribution in [0.25, 0.3) is 0 Å². The van der Waals surface area contributed by atoms with Crippen molar-refractivity contribution in [1.29, 1.82) is 0 Å². The molecule has 1 aliphatic carbocycles. The number of piperazine rings is 1. The highest BCUT2D eigenvalue weighted by atomic mass is 35.5. The molecule has 0 spiro atoms. The Bertz CT molecular complexity index is 440. The fraction of sp³-hybridized carbons (Fsp3) is 0.900. The molecule has 3 aliphatic rings. The maximum atomic E-state index is 12.4. The molecule has 1 N–H and O–H groups in total. The first-order valence-corrected chi connectivity index (χ1v) is 10.5. The van der Waals surface area contributed by atoms with Gasteiger partial charge in [0.25, 0.3) is 0 Å². The summed E-state index contributed by atoms with van der Waals surface area (Å²) < 4.78 is 0. The van der Waals surface area contributed by atoms with Gasteiger partial charge >= 0.3 is 0 Å². The summed E-state index contributed by atoms with van der Waals surface area (Å²) in [5, 5.41) is 3.36. The van der Waals surface area contributed by atoms with Crippen LogP contribution in [0.5, 0.6) is 0 Å². The molecule has 0 aromatic rings. The average molecular weight is 386 g/mol. The number of amides is 2. The van der Waals surface area contributed by atoms with Gasteiger partial charge in [0.15, 0.2) is 0 Å². The van der Waals surface area contributed by atoms with Gasteiger partial charge in [0, 0.05) is 39.0 Å². The Kier molecular flexibility index (Phi) is 9.20. The van der Waals surface area contributed by atoms with Gasteiger partial charge in [0.2, 0.25) is 11.8 Å². The van der Waals surface area contributed by atoms with E-state index in [1.165, 1.54) is 38.5 Å². The summed E-state index contributed by atoms with van der Waals surface area (Å²) in [5.41, 5.74) is 0. The second-order valence-corrected chi connectivity index (χ2v) is 8.20. The summed E-state index contributed by atoms with van der Waals surface area (Å²) in [4.78, 5) is 28.7. The highest BCUT2D eigenvalue weighted by molar-refractivity contribution is 5.85. The Labute approximate surface area is 164 Å². The number of nitrogens with one attached hydrogen (secondary N) is 1. The van der Waals surface area contributed by atoms with E-state index in [1.54, 1.807) is 0 Å². The summed E-state index contributed by atoms with van der Waals surface area (Å²) in [6, 6.07) is 0. The van der Waals surface area contributed by atoms with Gasteiger partial charge in [-0.2, -0.15) is 0 Å². The minimum atomic E-state index is 0. The van der Waals surface area contributed by atoms with E-state index >= 15 is 0 Å². The third-order valence-corrected chi connectivity index (χ3v) is 6.41. The van der Waals surface area contributed by atoms with Crippen molar-refractivity contribution in [3.05, 3.63) is 0 Å². The molecule has 150 valence electrons. The van der Waals surface area contributed by atoms with Crippen molar-refractivity contribution in [3.8, 4) is 0 Å². The van der Waals surface area contributed by atoms with Gasteiger partial charge in [-0.15, -0.1) is 12.4 Å². The van der Waals surface area contributed by atoms with Crippen LogP contribution in [-0.2, 0) is 9.59 Å². The first-order chi connectivity index (χ1) is 12.2. The maximum Gasteiger partial charge on any atom is 0.222 e. The van der Waals surface area contributed by atoms with Crippen LogP contribution in [0.2, 0.25) is 0 Å². The van der Waals surface area contributed by atoms with Gasteiger partial charge in [-0.1, -0.05) is 32.1 Å². The number of hydrogen-bond donors (Lipinski definition) is 1. The van der Waals surface area contributed by atoms with Gasteiger partial charge < -0.3 is 15.1 Å². The molecule has 3 fully saturated rings. The molecule has 5 nitrogen and oxygen atoms in total. The van der Waals surface area contributed by atoms with E-state index in [-0.39, 0.29) is 18.3 Å². The predicted molar refractivity (Wildman–Crippen MR) is 106 cm³/mol. The lowest BCUT2D eigenvalue weighted by molar-refractivity contribution is -0.139. The van der Waals surface area contributed by atoms with Crippen LogP contribution in [-0.4, -0.2) is 60.9 Å². The number of halogens is 1. The molecule has 1 unspecified atom stereocenters. The van der Waals surface area contributed by atoms with Crippen molar-refractivity contribution in [2.24, 2.45) is 11.8 Å².